The van der Waals surface area contributed by atoms with Crippen molar-refractivity contribution in [2.45, 2.75) is 25.7 Å². The zero-order chi connectivity index (χ0) is 16.2. The summed E-state index contributed by atoms with van der Waals surface area (Å²) in [5.41, 5.74) is 2.10. The molecule has 2 aromatic rings. The molecular formula is C18H23ClN2O2. The Morgan fingerprint density at radius 2 is 2.17 bits per heavy atom. The van der Waals surface area contributed by atoms with E-state index >= 15 is 0 Å². The number of para-hydroxylation sites is 1. The quantitative estimate of drug-likeness (QED) is 0.907. The molecule has 0 atom stereocenters. The average Bonchev–Trinajstić information content (AvgIpc) is 2.98. The van der Waals surface area contributed by atoms with Crippen LogP contribution in [0.25, 0.3) is 10.9 Å². The fraction of sp³-hybridized carbons (Fsp3) is 0.500. The Morgan fingerprint density at radius 3 is 2.96 bits per heavy atom. The van der Waals surface area contributed by atoms with Gasteiger partial charge in [0.1, 0.15) is 0 Å². The van der Waals surface area contributed by atoms with Crippen LogP contribution in [0.4, 0.5) is 0 Å². The number of aryl methyl sites for hydroxylation is 1. The summed E-state index contributed by atoms with van der Waals surface area (Å²) in [5.74, 6) is 0.775. The topological polar surface area (TPSA) is 45.3 Å². The summed E-state index contributed by atoms with van der Waals surface area (Å²) in [4.78, 5) is 17.5. The predicted octanol–water partition coefficient (Wildman–Crippen LogP) is 3.64. The van der Waals surface area contributed by atoms with Crippen molar-refractivity contribution in [3.63, 3.8) is 0 Å². The van der Waals surface area contributed by atoms with Crippen LogP contribution in [-0.2, 0) is 16.0 Å². The number of halogens is 1. The van der Waals surface area contributed by atoms with Gasteiger partial charge in [0.05, 0.1) is 10.5 Å². The minimum Gasteiger partial charge on any atom is -0.381 e. The standard InChI is InChI=1S/C18H23ClN2O2/c1-21(12-13-7-9-23-10-8-13)17(22)6-5-14-11-20-18-15(14)3-2-4-16(18)19/h2-4,11,13,20H,5-10,12H2,1H3. The first-order chi connectivity index (χ1) is 11.1. The van der Waals surface area contributed by atoms with Gasteiger partial charge in [-0.2, -0.15) is 0 Å². The van der Waals surface area contributed by atoms with Gasteiger partial charge >= 0.3 is 0 Å². The predicted molar refractivity (Wildman–Crippen MR) is 92.8 cm³/mol. The number of nitrogens with one attached hydrogen (secondary N) is 1. The van der Waals surface area contributed by atoms with E-state index in [1.54, 1.807) is 0 Å². The highest BCUT2D eigenvalue weighted by Gasteiger charge is 2.18. The number of rotatable bonds is 5. The number of carbonyl (C=O) groups is 1. The molecule has 2 heterocycles. The molecule has 1 N–H and O–H groups in total. The van der Waals surface area contributed by atoms with Crippen LogP contribution >= 0.6 is 11.6 Å². The first kappa shape index (κ1) is 16.3. The van der Waals surface area contributed by atoms with Gasteiger partial charge < -0.3 is 14.6 Å². The van der Waals surface area contributed by atoms with Crippen LogP contribution < -0.4 is 0 Å². The Hall–Kier alpha value is -1.52. The molecule has 23 heavy (non-hydrogen) atoms. The van der Waals surface area contributed by atoms with Gasteiger partial charge in [-0.3, -0.25) is 4.79 Å². The number of ether oxygens (including phenoxy) is 1. The molecule has 0 saturated carbocycles. The second kappa shape index (κ2) is 7.37. The molecule has 1 aliphatic rings. The summed E-state index contributed by atoms with van der Waals surface area (Å²) >= 11 is 6.18. The van der Waals surface area contributed by atoms with E-state index < -0.39 is 0 Å². The Balaban J connectivity index is 1.56. The van der Waals surface area contributed by atoms with E-state index in [0.29, 0.717) is 12.3 Å². The van der Waals surface area contributed by atoms with Gasteiger partial charge in [0.15, 0.2) is 0 Å². The normalized spacial score (nSPS) is 15.9. The lowest BCUT2D eigenvalue weighted by Crippen LogP contribution is -2.34. The summed E-state index contributed by atoms with van der Waals surface area (Å²) in [6, 6.07) is 5.86. The second-order valence-corrected chi connectivity index (χ2v) is 6.71. The third-order valence-electron chi connectivity index (χ3n) is 4.66. The second-order valence-electron chi connectivity index (χ2n) is 6.31. The van der Waals surface area contributed by atoms with Crippen molar-refractivity contribution in [2.24, 2.45) is 5.92 Å². The summed E-state index contributed by atoms with van der Waals surface area (Å²) in [6.45, 7) is 2.48. The average molecular weight is 335 g/mol. The molecule has 1 fully saturated rings. The molecule has 124 valence electrons. The van der Waals surface area contributed by atoms with E-state index in [1.165, 1.54) is 0 Å². The van der Waals surface area contributed by atoms with Gasteiger partial charge in [0.2, 0.25) is 5.91 Å². The van der Waals surface area contributed by atoms with Crippen LogP contribution in [0.2, 0.25) is 5.02 Å². The zero-order valence-corrected chi connectivity index (χ0v) is 14.2. The van der Waals surface area contributed by atoms with Crippen molar-refractivity contribution < 1.29 is 9.53 Å². The first-order valence-corrected chi connectivity index (χ1v) is 8.59. The molecule has 1 saturated heterocycles. The third kappa shape index (κ3) is 3.88. The molecule has 1 amide bonds. The van der Waals surface area contributed by atoms with Gasteiger partial charge in [0.25, 0.3) is 0 Å². The number of carbonyl (C=O) groups excluding carboxylic acids is 1. The zero-order valence-electron chi connectivity index (χ0n) is 13.5. The van der Waals surface area contributed by atoms with Gasteiger partial charge in [-0.1, -0.05) is 23.7 Å². The Bertz CT molecular complexity index is 677. The molecule has 1 aromatic heterocycles. The molecular weight excluding hydrogens is 312 g/mol. The van der Waals surface area contributed by atoms with Gasteiger partial charge in [-0.25, -0.2) is 0 Å². The minimum atomic E-state index is 0.202. The molecule has 3 rings (SSSR count). The number of benzene rings is 1. The molecule has 0 spiro atoms. The fourth-order valence-electron chi connectivity index (χ4n) is 3.23. The van der Waals surface area contributed by atoms with Crippen molar-refractivity contribution in [3.8, 4) is 0 Å². The largest absolute Gasteiger partial charge is 0.381 e. The summed E-state index contributed by atoms with van der Waals surface area (Å²) in [6.07, 6.45) is 5.33. The van der Waals surface area contributed by atoms with Crippen LogP contribution in [0.5, 0.6) is 0 Å². The fourth-order valence-corrected chi connectivity index (χ4v) is 3.46. The highest BCUT2D eigenvalue weighted by molar-refractivity contribution is 6.35. The number of aromatic nitrogens is 1. The number of aromatic amines is 1. The highest BCUT2D eigenvalue weighted by atomic mass is 35.5. The molecule has 0 aliphatic carbocycles. The third-order valence-corrected chi connectivity index (χ3v) is 4.97. The lowest BCUT2D eigenvalue weighted by Gasteiger charge is -2.27. The lowest BCUT2D eigenvalue weighted by molar-refractivity contribution is -0.130. The van der Waals surface area contributed by atoms with E-state index in [9.17, 15) is 4.79 Å². The van der Waals surface area contributed by atoms with Crippen LogP contribution in [0.3, 0.4) is 0 Å². The number of H-pyrrole nitrogens is 1. The Kier molecular flexibility index (Phi) is 5.23. The summed E-state index contributed by atoms with van der Waals surface area (Å²) < 4.78 is 5.37. The van der Waals surface area contributed by atoms with Gasteiger partial charge in [0, 0.05) is 44.8 Å². The number of hydrogen-bond acceptors (Lipinski definition) is 2. The van der Waals surface area contributed by atoms with E-state index in [2.05, 4.69) is 4.98 Å². The molecule has 5 heteroatoms. The SMILES string of the molecule is CN(CC1CCOCC1)C(=O)CCc1c[nH]c2c(Cl)cccc12. The van der Waals surface area contributed by atoms with Crippen LogP contribution in [0.15, 0.2) is 24.4 Å². The number of hydrogen-bond donors (Lipinski definition) is 1. The molecule has 0 unspecified atom stereocenters. The Labute approximate surface area is 141 Å². The van der Waals surface area contributed by atoms with E-state index in [4.69, 9.17) is 16.3 Å². The monoisotopic (exact) mass is 334 g/mol. The van der Waals surface area contributed by atoms with E-state index in [0.717, 1.165) is 60.5 Å². The highest BCUT2D eigenvalue weighted by Crippen LogP contribution is 2.26. The first-order valence-electron chi connectivity index (χ1n) is 8.21. The maximum atomic E-state index is 12.4. The number of nitrogens with zero attached hydrogens (tertiary/aromatic N) is 1. The summed E-state index contributed by atoms with van der Waals surface area (Å²) in [5, 5.41) is 1.83. The van der Waals surface area contributed by atoms with Crippen molar-refractivity contribution in [1.82, 2.24) is 9.88 Å². The van der Waals surface area contributed by atoms with Crippen molar-refractivity contribution in [3.05, 3.63) is 35.0 Å². The number of amides is 1. The molecule has 0 radical (unpaired) electrons. The maximum absolute atomic E-state index is 12.4. The smallest absolute Gasteiger partial charge is 0.222 e. The molecule has 1 aliphatic heterocycles. The van der Waals surface area contributed by atoms with Gasteiger partial charge in [-0.15, -0.1) is 0 Å². The van der Waals surface area contributed by atoms with E-state index in [1.807, 2.05) is 36.3 Å². The number of fused-ring (bicyclic) bond motifs is 1. The van der Waals surface area contributed by atoms with Gasteiger partial charge in [-0.05, 0) is 36.8 Å². The molecule has 1 aromatic carbocycles. The molecule has 4 nitrogen and oxygen atoms in total. The van der Waals surface area contributed by atoms with Crippen molar-refractivity contribution in [1.29, 1.82) is 0 Å². The van der Waals surface area contributed by atoms with E-state index in [-0.39, 0.29) is 5.91 Å². The lowest BCUT2D eigenvalue weighted by atomic mass is 9.99. The minimum absolute atomic E-state index is 0.202. The molecule has 0 bridgehead atoms. The van der Waals surface area contributed by atoms with Crippen LogP contribution in [0.1, 0.15) is 24.8 Å². The maximum Gasteiger partial charge on any atom is 0.222 e. The summed E-state index contributed by atoms with van der Waals surface area (Å²) in [7, 11) is 1.91. The van der Waals surface area contributed by atoms with Crippen molar-refractivity contribution in [2.75, 3.05) is 26.8 Å². The Morgan fingerprint density at radius 1 is 1.39 bits per heavy atom. The van der Waals surface area contributed by atoms with Crippen LogP contribution in [0, 0.1) is 5.92 Å². The van der Waals surface area contributed by atoms with Crippen molar-refractivity contribution >= 4 is 28.4 Å². The van der Waals surface area contributed by atoms with Crippen LogP contribution in [-0.4, -0.2) is 42.6 Å².